The molecular formula is C17H21N3O3S. The summed E-state index contributed by atoms with van der Waals surface area (Å²) in [7, 11) is 0. The molecule has 0 bridgehead atoms. The average molecular weight is 347 g/mol. The molecule has 0 aliphatic heterocycles. The number of Topliss-reactive ketones (excluding diaryl/α,β-unsaturated/α-hetero) is 2. The third kappa shape index (κ3) is 4.03. The number of thioether (sulfide) groups is 1. The number of aromatic amines is 2. The van der Waals surface area contributed by atoms with Gasteiger partial charge in [0.05, 0.1) is 11.4 Å². The van der Waals surface area contributed by atoms with Crippen molar-refractivity contribution >= 4 is 23.3 Å². The van der Waals surface area contributed by atoms with Gasteiger partial charge in [0, 0.05) is 23.0 Å². The first-order valence-electron chi connectivity index (χ1n) is 7.79. The van der Waals surface area contributed by atoms with E-state index >= 15 is 0 Å². The van der Waals surface area contributed by atoms with E-state index in [0.29, 0.717) is 27.7 Å². The normalized spacial score (nSPS) is 10.8. The van der Waals surface area contributed by atoms with Gasteiger partial charge in [0.2, 0.25) is 0 Å². The highest BCUT2D eigenvalue weighted by molar-refractivity contribution is 7.99. The van der Waals surface area contributed by atoms with Crippen LogP contribution in [0.5, 0.6) is 0 Å². The van der Waals surface area contributed by atoms with Gasteiger partial charge in [-0.1, -0.05) is 25.1 Å². The number of nitrogens with zero attached hydrogens (tertiary/aromatic N) is 1. The Balaban J connectivity index is 2.16. The maximum Gasteiger partial charge on any atom is 0.251 e. The topological polar surface area (TPSA) is 95.7 Å². The minimum atomic E-state index is -0.214. The van der Waals surface area contributed by atoms with Gasteiger partial charge in [-0.3, -0.25) is 14.4 Å². The first-order valence-corrected chi connectivity index (χ1v) is 8.78. The fourth-order valence-electron chi connectivity index (χ4n) is 2.70. The molecule has 2 aromatic heterocycles. The number of carbonyl (C=O) groups is 2. The third-order valence-corrected chi connectivity index (χ3v) is 4.56. The van der Waals surface area contributed by atoms with Crippen LogP contribution in [-0.4, -0.2) is 32.3 Å². The minimum Gasteiger partial charge on any atom is -0.355 e. The molecule has 0 spiro atoms. The molecule has 128 valence electrons. The van der Waals surface area contributed by atoms with E-state index in [2.05, 4.69) is 15.0 Å². The van der Waals surface area contributed by atoms with E-state index in [1.54, 1.807) is 13.8 Å². The monoisotopic (exact) mass is 347 g/mol. The van der Waals surface area contributed by atoms with Gasteiger partial charge in [-0.05, 0) is 32.8 Å². The van der Waals surface area contributed by atoms with Crippen molar-refractivity contribution < 1.29 is 9.59 Å². The lowest BCUT2D eigenvalue weighted by Crippen LogP contribution is -2.12. The molecule has 0 aliphatic rings. The second kappa shape index (κ2) is 7.61. The summed E-state index contributed by atoms with van der Waals surface area (Å²) < 4.78 is 0. The molecule has 2 N–H and O–H groups in total. The number of ketones is 2. The Kier molecular flexibility index (Phi) is 5.77. The highest BCUT2D eigenvalue weighted by atomic mass is 32.2. The lowest BCUT2D eigenvalue weighted by atomic mass is 10.1. The average Bonchev–Trinajstić information content (AvgIpc) is 2.79. The van der Waals surface area contributed by atoms with Crippen molar-refractivity contribution in [2.75, 3.05) is 5.75 Å². The van der Waals surface area contributed by atoms with Crippen LogP contribution in [0.15, 0.2) is 16.0 Å². The molecule has 2 aromatic rings. The Morgan fingerprint density at radius 1 is 1.25 bits per heavy atom. The predicted molar refractivity (Wildman–Crippen MR) is 94.2 cm³/mol. The summed E-state index contributed by atoms with van der Waals surface area (Å²) in [6, 6.07) is 1.48. The number of hydrogen-bond donors (Lipinski definition) is 2. The van der Waals surface area contributed by atoms with E-state index in [1.807, 2.05) is 6.92 Å². The van der Waals surface area contributed by atoms with E-state index in [9.17, 15) is 14.4 Å². The van der Waals surface area contributed by atoms with Gasteiger partial charge in [-0.2, -0.15) is 0 Å². The number of rotatable bonds is 7. The molecule has 7 heteroatoms. The van der Waals surface area contributed by atoms with Crippen LogP contribution >= 0.6 is 11.8 Å². The molecule has 0 aliphatic carbocycles. The molecule has 0 aromatic carbocycles. The van der Waals surface area contributed by atoms with Gasteiger partial charge in [-0.15, -0.1) is 0 Å². The zero-order valence-corrected chi connectivity index (χ0v) is 15.1. The summed E-state index contributed by atoms with van der Waals surface area (Å²) in [5.74, 6) is -0.0562. The summed E-state index contributed by atoms with van der Waals surface area (Å²) in [4.78, 5) is 45.7. The number of aromatic nitrogens is 3. The highest BCUT2D eigenvalue weighted by Gasteiger charge is 2.20. The van der Waals surface area contributed by atoms with Crippen molar-refractivity contribution in [2.45, 2.75) is 45.7 Å². The van der Waals surface area contributed by atoms with Crippen LogP contribution in [0.1, 0.15) is 58.1 Å². The second-order valence-corrected chi connectivity index (χ2v) is 6.65. The molecule has 2 rings (SSSR count). The number of hydrogen-bond acceptors (Lipinski definition) is 5. The van der Waals surface area contributed by atoms with Crippen LogP contribution in [0.2, 0.25) is 0 Å². The Bertz CT molecular complexity index is 836. The molecular weight excluding hydrogens is 326 g/mol. The summed E-state index contributed by atoms with van der Waals surface area (Å²) in [5.41, 5.74) is 2.89. The van der Waals surface area contributed by atoms with Gasteiger partial charge in [0.25, 0.3) is 5.56 Å². The second-order valence-electron chi connectivity index (χ2n) is 5.68. The number of H-pyrrole nitrogens is 2. The van der Waals surface area contributed by atoms with E-state index in [1.165, 1.54) is 24.8 Å². The smallest absolute Gasteiger partial charge is 0.251 e. The molecule has 6 nitrogen and oxygen atoms in total. The van der Waals surface area contributed by atoms with Gasteiger partial charge < -0.3 is 9.97 Å². The molecule has 0 saturated carbocycles. The van der Waals surface area contributed by atoms with Crippen molar-refractivity contribution in [3.05, 3.63) is 44.6 Å². The first kappa shape index (κ1) is 18.2. The van der Waals surface area contributed by atoms with Crippen molar-refractivity contribution in [1.29, 1.82) is 0 Å². The summed E-state index contributed by atoms with van der Waals surface area (Å²) in [6.07, 6.45) is 1.62. The zero-order valence-electron chi connectivity index (χ0n) is 14.3. The van der Waals surface area contributed by atoms with Gasteiger partial charge in [-0.25, -0.2) is 4.98 Å². The molecule has 2 heterocycles. The Morgan fingerprint density at radius 2 is 1.96 bits per heavy atom. The summed E-state index contributed by atoms with van der Waals surface area (Å²) in [6.45, 7) is 7.04. The van der Waals surface area contributed by atoms with E-state index in [0.717, 1.165) is 18.5 Å². The van der Waals surface area contributed by atoms with Crippen LogP contribution in [0, 0.1) is 13.8 Å². The molecule has 0 radical (unpaired) electrons. The maximum absolute atomic E-state index is 12.4. The van der Waals surface area contributed by atoms with Crippen LogP contribution in [0.3, 0.4) is 0 Å². The van der Waals surface area contributed by atoms with Crippen LogP contribution in [0.25, 0.3) is 0 Å². The fraction of sp³-hybridized carbons (Fsp3) is 0.412. The summed E-state index contributed by atoms with van der Waals surface area (Å²) >= 11 is 1.19. The Labute approximate surface area is 144 Å². The molecule has 0 atom stereocenters. The van der Waals surface area contributed by atoms with Crippen molar-refractivity contribution in [3.8, 4) is 0 Å². The van der Waals surface area contributed by atoms with E-state index in [-0.39, 0.29) is 22.9 Å². The van der Waals surface area contributed by atoms with E-state index < -0.39 is 0 Å². The first-order chi connectivity index (χ1) is 11.3. The van der Waals surface area contributed by atoms with Crippen molar-refractivity contribution in [2.24, 2.45) is 0 Å². The molecule has 0 amide bonds. The number of nitrogens with one attached hydrogen (secondary N) is 2. The predicted octanol–water partition coefficient (Wildman–Crippen LogP) is 2.84. The maximum atomic E-state index is 12.4. The standard InChI is InChI=1S/C17H21N3O3S/c1-5-6-12-7-14(23)20-17(19-12)24-8-13(22)16-9(2)15(11(4)21)10(3)18-16/h7,18H,5-6,8H2,1-4H3,(H,19,20,23). The number of carbonyl (C=O) groups excluding carboxylic acids is 2. The Morgan fingerprint density at radius 3 is 2.54 bits per heavy atom. The van der Waals surface area contributed by atoms with Crippen LogP contribution < -0.4 is 5.56 Å². The SMILES string of the molecule is CCCc1cc(=O)[nH]c(SCC(=O)c2[nH]c(C)c(C(C)=O)c2C)n1. The minimum absolute atomic E-state index is 0.0637. The van der Waals surface area contributed by atoms with Gasteiger partial charge >= 0.3 is 0 Å². The zero-order chi connectivity index (χ0) is 17.9. The third-order valence-electron chi connectivity index (χ3n) is 3.69. The molecule has 0 unspecified atom stereocenters. The lowest BCUT2D eigenvalue weighted by Gasteiger charge is -2.03. The molecule has 0 saturated heterocycles. The quantitative estimate of drug-likeness (QED) is 0.456. The van der Waals surface area contributed by atoms with Crippen molar-refractivity contribution in [1.82, 2.24) is 15.0 Å². The van der Waals surface area contributed by atoms with Crippen LogP contribution in [0.4, 0.5) is 0 Å². The summed E-state index contributed by atoms with van der Waals surface area (Å²) in [5, 5.41) is 0.437. The van der Waals surface area contributed by atoms with Crippen molar-refractivity contribution in [3.63, 3.8) is 0 Å². The van der Waals surface area contributed by atoms with Gasteiger partial charge in [0.15, 0.2) is 16.7 Å². The number of aryl methyl sites for hydroxylation is 2. The fourth-order valence-corrected chi connectivity index (χ4v) is 3.47. The molecule has 24 heavy (non-hydrogen) atoms. The lowest BCUT2D eigenvalue weighted by molar-refractivity contribution is 0.101. The highest BCUT2D eigenvalue weighted by Crippen LogP contribution is 2.21. The Hall–Kier alpha value is -2.15. The van der Waals surface area contributed by atoms with E-state index in [4.69, 9.17) is 0 Å². The van der Waals surface area contributed by atoms with Crippen LogP contribution in [-0.2, 0) is 6.42 Å². The largest absolute Gasteiger partial charge is 0.355 e. The molecule has 0 fully saturated rings. The van der Waals surface area contributed by atoms with Gasteiger partial charge in [0.1, 0.15) is 0 Å².